The van der Waals surface area contributed by atoms with Crippen molar-refractivity contribution < 1.29 is 22.8 Å². The van der Waals surface area contributed by atoms with Crippen LogP contribution < -0.4 is 5.32 Å². The quantitative estimate of drug-likeness (QED) is 0.799. The molecule has 0 spiro atoms. The summed E-state index contributed by atoms with van der Waals surface area (Å²) in [6.45, 7) is 2.65. The molecule has 0 aromatic heterocycles. The topological polar surface area (TPSA) is 49.4 Å². The zero-order valence-corrected chi connectivity index (χ0v) is 9.67. The summed E-state index contributed by atoms with van der Waals surface area (Å²) in [6.07, 6.45) is -5.31. The number of carbonyl (C=O) groups is 2. The molecular formula is C10H15F3N2O2. The number of carbonyl (C=O) groups excluding carboxylic acids is 2. The summed E-state index contributed by atoms with van der Waals surface area (Å²) in [7, 11) is 0. The summed E-state index contributed by atoms with van der Waals surface area (Å²) < 4.78 is 36.4. The highest BCUT2D eigenvalue weighted by Gasteiger charge is 2.34. The standard InChI is InChI=1S/C10H15F3N2O2/c1-6-5-8(16)14-7(2)9(17)15(6)4-3-10(11,12)13/h6-7H,3-5H2,1-2H3,(H,14,16). The number of nitrogens with one attached hydrogen (secondary N) is 1. The molecule has 0 aromatic carbocycles. The molecule has 1 fully saturated rings. The monoisotopic (exact) mass is 252 g/mol. The molecule has 1 rings (SSSR count). The van der Waals surface area contributed by atoms with E-state index in [1.807, 2.05) is 0 Å². The van der Waals surface area contributed by atoms with Gasteiger partial charge in [0, 0.05) is 19.0 Å². The molecule has 4 nitrogen and oxygen atoms in total. The lowest BCUT2D eigenvalue weighted by molar-refractivity contribution is -0.147. The van der Waals surface area contributed by atoms with E-state index in [0.717, 1.165) is 4.90 Å². The van der Waals surface area contributed by atoms with E-state index >= 15 is 0 Å². The number of halogens is 3. The van der Waals surface area contributed by atoms with Crippen molar-refractivity contribution in [1.29, 1.82) is 0 Å². The highest BCUT2D eigenvalue weighted by Crippen LogP contribution is 2.21. The normalized spacial score (nSPS) is 26.8. The van der Waals surface area contributed by atoms with Crippen LogP contribution in [-0.4, -0.2) is 41.5 Å². The van der Waals surface area contributed by atoms with Gasteiger partial charge in [-0.2, -0.15) is 13.2 Å². The van der Waals surface area contributed by atoms with Gasteiger partial charge in [-0.3, -0.25) is 9.59 Å². The number of amides is 2. The SMILES string of the molecule is CC1NC(=O)CC(C)N(CCC(F)(F)F)C1=O. The maximum atomic E-state index is 12.1. The Balaban J connectivity index is 2.73. The number of hydrogen-bond donors (Lipinski definition) is 1. The van der Waals surface area contributed by atoms with Gasteiger partial charge >= 0.3 is 6.18 Å². The van der Waals surface area contributed by atoms with E-state index in [-0.39, 0.29) is 12.3 Å². The van der Waals surface area contributed by atoms with Gasteiger partial charge < -0.3 is 10.2 Å². The molecule has 7 heteroatoms. The van der Waals surface area contributed by atoms with E-state index in [4.69, 9.17) is 0 Å². The van der Waals surface area contributed by atoms with Crippen LogP contribution in [0.3, 0.4) is 0 Å². The van der Waals surface area contributed by atoms with Gasteiger partial charge in [-0.1, -0.05) is 0 Å². The molecule has 1 saturated heterocycles. The van der Waals surface area contributed by atoms with Crippen molar-refractivity contribution in [3.05, 3.63) is 0 Å². The Labute approximate surface area is 97.1 Å². The predicted molar refractivity (Wildman–Crippen MR) is 54.1 cm³/mol. The van der Waals surface area contributed by atoms with Crippen LogP contribution in [-0.2, 0) is 9.59 Å². The Morgan fingerprint density at radius 3 is 2.47 bits per heavy atom. The second-order valence-corrected chi connectivity index (χ2v) is 4.24. The fraction of sp³-hybridized carbons (Fsp3) is 0.800. The zero-order chi connectivity index (χ0) is 13.2. The largest absolute Gasteiger partial charge is 0.390 e. The molecule has 1 aliphatic rings. The maximum Gasteiger partial charge on any atom is 0.390 e. The van der Waals surface area contributed by atoms with Crippen LogP contribution in [0.1, 0.15) is 26.7 Å². The molecule has 0 saturated carbocycles. The third-order valence-electron chi connectivity index (χ3n) is 2.68. The average Bonchev–Trinajstić information content (AvgIpc) is 2.22. The fourth-order valence-corrected chi connectivity index (χ4v) is 1.78. The van der Waals surface area contributed by atoms with Gasteiger partial charge in [0.25, 0.3) is 0 Å². The minimum Gasteiger partial charge on any atom is -0.345 e. The number of rotatable bonds is 2. The van der Waals surface area contributed by atoms with E-state index in [9.17, 15) is 22.8 Å². The second kappa shape index (κ2) is 4.93. The first-order chi connectivity index (χ1) is 7.70. The van der Waals surface area contributed by atoms with Gasteiger partial charge in [-0.25, -0.2) is 0 Å². The van der Waals surface area contributed by atoms with Crippen molar-refractivity contribution in [3.8, 4) is 0 Å². The van der Waals surface area contributed by atoms with Gasteiger partial charge in [0.05, 0.1) is 6.42 Å². The van der Waals surface area contributed by atoms with E-state index in [0.29, 0.717) is 0 Å². The lowest BCUT2D eigenvalue weighted by Crippen LogP contribution is -2.45. The van der Waals surface area contributed by atoms with E-state index in [1.165, 1.54) is 6.92 Å². The first-order valence-corrected chi connectivity index (χ1v) is 5.37. The first-order valence-electron chi connectivity index (χ1n) is 5.37. The van der Waals surface area contributed by atoms with Gasteiger partial charge in [0.15, 0.2) is 0 Å². The minimum atomic E-state index is -4.30. The van der Waals surface area contributed by atoms with Crippen LogP contribution in [0.5, 0.6) is 0 Å². The van der Waals surface area contributed by atoms with Gasteiger partial charge in [0.2, 0.25) is 11.8 Å². The van der Waals surface area contributed by atoms with Crippen molar-refractivity contribution in [2.24, 2.45) is 0 Å². The van der Waals surface area contributed by atoms with Crippen molar-refractivity contribution in [2.75, 3.05) is 6.54 Å². The minimum absolute atomic E-state index is 0.0357. The molecule has 1 heterocycles. The summed E-state index contributed by atoms with van der Waals surface area (Å²) in [5.74, 6) is -0.777. The maximum absolute atomic E-state index is 12.1. The van der Waals surface area contributed by atoms with Crippen LogP contribution in [0.15, 0.2) is 0 Å². The summed E-state index contributed by atoms with van der Waals surface area (Å²) in [4.78, 5) is 24.2. The fourth-order valence-electron chi connectivity index (χ4n) is 1.78. The lowest BCUT2D eigenvalue weighted by atomic mass is 10.2. The van der Waals surface area contributed by atoms with Crippen LogP contribution in [0.2, 0.25) is 0 Å². The van der Waals surface area contributed by atoms with Gasteiger partial charge in [-0.05, 0) is 13.8 Å². The molecule has 2 unspecified atom stereocenters. The highest BCUT2D eigenvalue weighted by molar-refractivity contribution is 5.90. The Morgan fingerprint density at radius 2 is 1.94 bits per heavy atom. The molecule has 0 bridgehead atoms. The van der Waals surface area contributed by atoms with Crippen molar-refractivity contribution in [2.45, 2.75) is 44.9 Å². The Morgan fingerprint density at radius 1 is 1.35 bits per heavy atom. The second-order valence-electron chi connectivity index (χ2n) is 4.24. The Kier molecular flexibility index (Phi) is 4.00. The molecule has 0 aromatic rings. The number of hydrogen-bond acceptors (Lipinski definition) is 2. The molecule has 17 heavy (non-hydrogen) atoms. The van der Waals surface area contributed by atoms with Crippen LogP contribution in [0.4, 0.5) is 13.2 Å². The first kappa shape index (κ1) is 13.8. The highest BCUT2D eigenvalue weighted by atomic mass is 19.4. The third kappa shape index (κ3) is 3.90. The predicted octanol–water partition coefficient (Wildman–Crippen LogP) is 1.06. The molecule has 0 radical (unpaired) electrons. The Bertz CT molecular complexity index is 317. The molecule has 1 N–H and O–H groups in total. The summed E-state index contributed by atoms with van der Waals surface area (Å²) >= 11 is 0. The summed E-state index contributed by atoms with van der Waals surface area (Å²) in [6, 6.07) is -1.27. The van der Waals surface area contributed by atoms with E-state index < -0.39 is 37.1 Å². The van der Waals surface area contributed by atoms with E-state index in [1.54, 1.807) is 6.92 Å². The molecule has 2 atom stereocenters. The molecule has 2 amide bonds. The molecule has 1 aliphatic heterocycles. The van der Waals surface area contributed by atoms with Crippen molar-refractivity contribution >= 4 is 11.8 Å². The number of alkyl halides is 3. The van der Waals surface area contributed by atoms with Crippen LogP contribution in [0, 0.1) is 0 Å². The van der Waals surface area contributed by atoms with Crippen molar-refractivity contribution in [1.82, 2.24) is 10.2 Å². The summed E-state index contributed by atoms with van der Waals surface area (Å²) in [5, 5.41) is 2.44. The lowest BCUT2D eigenvalue weighted by Gasteiger charge is -2.28. The van der Waals surface area contributed by atoms with E-state index in [2.05, 4.69) is 5.32 Å². The molecule has 98 valence electrons. The van der Waals surface area contributed by atoms with Gasteiger partial charge in [-0.15, -0.1) is 0 Å². The van der Waals surface area contributed by atoms with Crippen molar-refractivity contribution in [3.63, 3.8) is 0 Å². The molecular weight excluding hydrogens is 237 g/mol. The van der Waals surface area contributed by atoms with Crippen LogP contribution in [0.25, 0.3) is 0 Å². The van der Waals surface area contributed by atoms with Gasteiger partial charge in [0.1, 0.15) is 6.04 Å². The zero-order valence-electron chi connectivity index (χ0n) is 9.67. The smallest absolute Gasteiger partial charge is 0.345 e. The Hall–Kier alpha value is -1.27. The third-order valence-corrected chi connectivity index (χ3v) is 2.68. The number of nitrogens with zero attached hydrogens (tertiary/aromatic N) is 1. The molecule has 0 aliphatic carbocycles. The summed E-state index contributed by atoms with van der Waals surface area (Å²) in [5.41, 5.74) is 0. The average molecular weight is 252 g/mol. The van der Waals surface area contributed by atoms with Crippen LogP contribution >= 0.6 is 0 Å².